The second-order valence-electron chi connectivity index (χ2n) is 4.47. The summed E-state index contributed by atoms with van der Waals surface area (Å²) in [5.41, 5.74) is 0.800. The zero-order valence-electron chi connectivity index (χ0n) is 10.8. The number of rotatable bonds is 6. The van der Waals surface area contributed by atoms with E-state index in [4.69, 9.17) is 0 Å². The van der Waals surface area contributed by atoms with Crippen LogP contribution < -0.4 is 5.32 Å². The van der Waals surface area contributed by atoms with Crippen molar-refractivity contribution in [3.05, 3.63) is 35.9 Å². The molecule has 96 valence electrons. The van der Waals surface area contributed by atoms with Crippen LogP contribution in [0.25, 0.3) is 0 Å². The van der Waals surface area contributed by atoms with Crippen molar-refractivity contribution in [3.63, 3.8) is 0 Å². The maximum absolute atomic E-state index is 12.2. The first-order valence-corrected chi connectivity index (χ1v) is 5.97. The molecule has 1 N–H and O–H groups in total. The van der Waals surface area contributed by atoms with Crippen molar-refractivity contribution < 1.29 is 4.79 Å². The molecule has 1 aromatic carbocycles. The number of benzene rings is 1. The highest BCUT2D eigenvalue weighted by Gasteiger charge is 2.19. The fourth-order valence-electron chi connectivity index (χ4n) is 1.80. The summed E-state index contributed by atoms with van der Waals surface area (Å²) >= 11 is 0. The van der Waals surface area contributed by atoms with Gasteiger partial charge in [0.25, 0.3) is 0 Å². The van der Waals surface area contributed by atoms with Crippen molar-refractivity contribution in [2.24, 2.45) is 5.92 Å². The van der Waals surface area contributed by atoms with Crippen molar-refractivity contribution in [1.29, 1.82) is 0 Å². The van der Waals surface area contributed by atoms with E-state index in [9.17, 15) is 4.79 Å². The van der Waals surface area contributed by atoms with E-state index in [0.29, 0.717) is 5.92 Å². The topological polar surface area (TPSA) is 29.1 Å². The molecule has 0 aromatic heterocycles. The highest BCUT2D eigenvalue weighted by atomic mass is 35.5. The molecule has 17 heavy (non-hydrogen) atoms. The molecule has 0 saturated heterocycles. The molecule has 1 aromatic rings. The van der Waals surface area contributed by atoms with Crippen LogP contribution in [0, 0.1) is 5.92 Å². The van der Waals surface area contributed by atoms with Gasteiger partial charge in [0, 0.05) is 5.56 Å². The van der Waals surface area contributed by atoms with Crippen LogP contribution in [-0.2, 0) is 0 Å². The number of ketones is 1. The molecular weight excluding hydrogens is 234 g/mol. The Labute approximate surface area is 110 Å². The Morgan fingerprint density at radius 2 is 1.82 bits per heavy atom. The summed E-state index contributed by atoms with van der Waals surface area (Å²) in [5, 5.41) is 3.26. The first-order chi connectivity index (χ1) is 7.65. The Morgan fingerprint density at radius 1 is 1.24 bits per heavy atom. The number of carbonyl (C=O) groups is 1. The van der Waals surface area contributed by atoms with E-state index in [-0.39, 0.29) is 24.2 Å². The lowest BCUT2D eigenvalue weighted by atomic mass is 9.96. The number of likely N-dealkylation sites (N-methyl/N-ethyl adjacent to an activating group) is 1. The minimum absolute atomic E-state index is 0. The minimum Gasteiger partial charge on any atom is -0.307 e. The van der Waals surface area contributed by atoms with Crippen molar-refractivity contribution in [2.75, 3.05) is 6.54 Å². The lowest BCUT2D eigenvalue weighted by molar-refractivity contribution is 0.0931. The molecule has 0 saturated carbocycles. The van der Waals surface area contributed by atoms with E-state index < -0.39 is 0 Å². The summed E-state index contributed by atoms with van der Waals surface area (Å²) in [6.45, 7) is 7.15. The zero-order valence-corrected chi connectivity index (χ0v) is 11.6. The molecule has 0 radical (unpaired) electrons. The zero-order chi connectivity index (χ0) is 12.0. The number of halogens is 1. The van der Waals surface area contributed by atoms with Crippen LogP contribution in [0.1, 0.15) is 37.6 Å². The monoisotopic (exact) mass is 255 g/mol. The van der Waals surface area contributed by atoms with Gasteiger partial charge >= 0.3 is 0 Å². The summed E-state index contributed by atoms with van der Waals surface area (Å²) in [5.74, 6) is 0.730. The van der Waals surface area contributed by atoms with Crippen LogP contribution in [0.5, 0.6) is 0 Å². The highest BCUT2D eigenvalue weighted by Crippen LogP contribution is 2.11. The normalized spacial score (nSPS) is 12.0. The molecule has 0 aliphatic carbocycles. The fourth-order valence-corrected chi connectivity index (χ4v) is 1.80. The average molecular weight is 256 g/mol. The van der Waals surface area contributed by atoms with Gasteiger partial charge in [0.1, 0.15) is 0 Å². The van der Waals surface area contributed by atoms with Gasteiger partial charge in [0.05, 0.1) is 6.04 Å². The molecule has 0 bridgehead atoms. The Morgan fingerprint density at radius 3 is 2.29 bits per heavy atom. The second-order valence-corrected chi connectivity index (χ2v) is 4.47. The second kappa shape index (κ2) is 8.26. The summed E-state index contributed by atoms with van der Waals surface area (Å²) in [7, 11) is 0. The van der Waals surface area contributed by atoms with Crippen LogP contribution in [0.15, 0.2) is 30.3 Å². The van der Waals surface area contributed by atoms with E-state index in [0.717, 1.165) is 18.5 Å². The predicted molar refractivity (Wildman–Crippen MR) is 74.9 cm³/mol. The summed E-state index contributed by atoms with van der Waals surface area (Å²) in [6.07, 6.45) is 0.890. The van der Waals surface area contributed by atoms with E-state index >= 15 is 0 Å². The standard InChI is InChI=1S/C14H21NO.ClH/c1-4-15-13(10-11(2)3)14(16)12-8-6-5-7-9-12;/h5-9,11,13,15H,4,10H2,1-3H3;1H. The quantitative estimate of drug-likeness (QED) is 0.791. The lowest BCUT2D eigenvalue weighted by Crippen LogP contribution is -2.37. The van der Waals surface area contributed by atoms with Crippen LogP contribution in [0.4, 0.5) is 0 Å². The molecule has 0 heterocycles. The maximum atomic E-state index is 12.2. The van der Waals surface area contributed by atoms with Crippen molar-refractivity contribution in [2.45, 2.75) is 33.2 Å². The third kappa shape index (κ3) is 5.33. The molecule has 1 unspecified atom stereocenters. The number of nitrogens with one attached hydrogen (secondary N) is 1. The van der Waals surface area contributed by atoms with Gasteiger partial charge in [-0.3, -0.25) is 4.79 Å². The van der Waals surface area contributed by atoms with Gasteiger partial charge < -0.3 is 5.32 Å². The first-order valence-electron chi connectivity index (χ1n) is 5.97. The van der Waals surface area contributed by atoms with Crippen LogP contribution in [0.2, 0.25) is 0 Å². The molecule has 1 atom stereocenters. The average Bonchev–Trinajstić information content (AvgIpc) is 2.28. The van der Waals surface area contributed by atoms with E-state index in [1.54, 1.807) is 0 Å². The molecule has 0 spiro atoms. The molecular formula is C14H22ClNO. The molecule has 0 amide bonds. The van der Waals surface area contributed by atoms with Gasteiger partial charge in [-0.25, -0.2) is 0 Å². The van der Waals surface area contributed by atoms with Gasteiger partial charge in [-0.2, -0.15) is 0 Å². The van der Waals surface area contributed by atoms with Crippen molar-refractivity contribution in [1.82, 2.24) is 5.32 Å². The molecule has 2 nitrogen and oxygen atoms in total. The number of carbonyl (C=O) groups excluding carboxylic acids is 1. The van der Waals surface area contributed by atoms with Gasteiger partial charge in [-0.15, -0.1) is 12.4 Å². The van der Waals surface area contributed by atoms with Gasteiger partial charge in [-0.1, -0.05) is 51.1 Å². The minimum atomic E-state index is -0.0487. The molecule has 1 rings (SSSR count). The van der Waals surface area contributed by atoms with Gasteiger partial charge in [-0.05, 0) is 18.9 Å². The number of Topliss-reactive ketones (excluding diaryl/α,β-unsaturated/α-hetero) is 1. The highest BCUT2D eigenvalue weighted by molar-refractivity contribution is 6.00. The van der Waals surface area contributed by atoms with Crippen LogP contribution in [0.3, 0.4) is 0 Å². The summed E-state index contributed by atoms with van der Waals surface area (Å²) in [4.78, 5) is 12.2. The van der Waals surface area contributed by atoms with E-state index in [1.165, 1.54) is 0 Å². The summed E-state index contributed by atoms with van der Waals surface area (Å²) in [6, 6.07) is 9.46. The molecule has 0 fully saturated rings. The molecule has 0 aliphatic rings. The smallest absolute Gasteiger partial charge is 0.179 e. The van der Waals surface area contributed by atoms with Gasteiger partial charge in [0.2, 0.25) is 0 Å². The summed E-state index contributed by atoms with van der Waals surface area (Å²) < 4.78 is 0. The van der Waals surface area contributed by atoms with Crippen LogP contribution >= 0.6 is 12.4 Å². The SMILES string of the molecule is CCNC(CC(C)C)C(=O)c1ccccc1.Cl. The largest absolute Gasteiger partial charge is 0.307 e. The first kappa shape index (κ1) is 16.1. The van der Waals surface area contributed by atoms with Crippen molar-refractivity contribution >= 4 is 18.2 Å². The predicted octanol–water partition coefficient (Wildman–Crippen LogP) is 3.32. The maximum Gasteiger partial charge on any atom is 0.179 e. The Hall–Kier alpha value is -0.860. The molecule has 3 heteroatoms. The van der Waals surface area contributed by atoms with Crippen LogP contribution in [-0.4, -0.2) is 18.4 Å². The Bertz CT molecular complexity index is 324. The number of hydrogen-bond acceptors (Lipinski definition) is 2. The van der Waals surface area contributed by atoms with Gasteiger partial charge in [0.15, 0.2) is 5.78 Å². The third-order valence-corrected chi connectivity index (χ3v) is 2.53. The van der Waals surface area contributed by atoms with Crippen molar-refractivity contribution in [3.8, 4) is 0 Å². The van der Waals surface area contributed by atoms with E-state index in [1.807, 2.05) is 37.3 Å². The van der Waals surface area contributed by atoms with E-state index in [2.05, 4.69) is 19.2 Å². The number of hydrogen-bond donors (Lipinski definition) is 1. The Kier molecular flexibility index (Phi) is 7.85. The molecule has 0 aliphatic heterocycles. The Balaban J connectivity index is 0.00000256. The lowest BCUT2D eigenvalue weighted by Gasteiger charge is -2.18. The fraction of sp³-hybridized carbons (Fsp3) is 0.500. The third-order valence-electron chi connectivity index (χ3n) is 2.53.